The van der Waals surface area contributed by atoms with Gasteiger partial charge in [-0.25, -0.2) is 9.79 Å². The molecule has 51 heavy (non-hydrogen) atoms. The molecule has 0 saturated carbocycles. The molecule has 2 heterocycles. The van der Waals surface area contributed by atoms with Gasteiger partial charge >= 0.3 is 5.97 Å². The van der Waals surface area contributed by atoms with Crippen molar-refractivity contribution in [3.8, 4) is 11.5 Å². The first-order chi connectivity index (χ1) is 24.7. The van der Waals surface area contributed by atoms with Gasteiger partial charge in [-0.15, -0.1) is 0 Å². The number of rotatable bonds is 11. The Morgan fingerprint density at radius 2 is 1.71 bits per heavy atom. The van der Waals surface area contributed by atoms with Gasteiger partial charge in [-0.1, -0.05) is 69.7 Å². The number of esters is 1. The minimum absolute atomic E-state index is 0.236. The van der Waals surface area contributed by atoms with Crippen LogP contribution in [0.5, 0.6) is 11.5 Å². The molecule has 0 bridgehead atoms. The quantitative estimate of drug-likeness (QED) is 0.110. The summed E-state index contributed by atoms with van der Waals surface area (Å²) in [6, 6.07) is 26.8. The van der Waals surface area contributed by atoms with E-state index >= 15 is 0 Å². The van der Waals surface area contributed by atoms with Crippen molar-refractivity contribution in [1.29, 1.82) is 0 Å². The number of benzene rings is 4. The van der Waals surface area contributed by atoms with Gasteiger partial charge in [0.1, 0.15) is 18.1 Å². The van der Waals surface area contributed by atoms with Crippen LogP contribution in [0.2, 0.25) is 0 Å². The van der Waals surface area contributed by atoms with Crippen LogP contribution in [0.15, 0.2) is 117 Å². The van der Waals surface area contributed by atoms with Crippen molar-refractivity contribution in [3.63, 3.8) is 0 Å². The Labute approximate surface area is 320 Å². The van der Waals surface area contributed by atoms with Gasteiger partial charge in [0.2, 0.25) is 0 Å². The number of nitrogens with one attached hydrogen (secondary N) is 1. The topological polar surface area (TPSA) is 108 Å². The number of amides is 1. The minimum atomic E-state index is -0.737. The second-order valence-electron chi connectivity index (χ2n) is 11.4. The summed E-state index contributed by atoms with van der Waals surface area (Å²) in [4.78, 5) is 45.7. The maximum Gasteiger partial charge on any atom is 0.338 e. The molecule has 1 N–H and O–H groups in total. The summed E-state index contributed by atoms with van der Waals surface area (Å²) >= 11 is 7.06. The number of hydrogen-bond donors (Lipinski definition) is 1. The van der Waals surface area contributed by atoms with Crippen LogP contribution in [0.3, 0.4) is 0 Å². The van der Waals surface area contributed by atoms with Crippen molar-refractivity contribution >= 4 is 73.5 Å². The van der Waals surface area contributed by atoms with E-state index in [9.17, 15) is 14.4 Å². The lowest BCUT2D eigenvalue weighted by atomic mass is 9.95. The molecule has 0 fully saturated rings. The summed E-state index contributed by atoms with van der Waals surface area (Å²) in [5.41, 5.74) is 4.00. The van der Waals surface area contributed by atoms with Gasteiger partial charge < -0.3 is 19.5 Å². The largest absolute Gasteiger partial charge is 0.494 e. The van der Waals surface area contributed by atoms with E-state index < -0.39 is 6.04 Å². The third-order valence-electron chi connectivity index (χ3n) is 7.98. The van der Waals surface area contributed by atoms with E-state index in [4.69, 9.17) is 19.2 Å². The Morgan fingerprint density at radius 1 is 0.980 bits per heavy atom. The van der Waals surface area contributed by atoms with Gasteiger partial charge in [0.05, 0.1) is 44.2 Å². The maximum absolute atomic E-state index is 14.4. The van der Waals surface area contributed by atoms with E-state index in [1.165, 1.54) is 11.3 Å². The van der Waals surface area contributed by atoms with Gasteiger partial charge in [0.15, 0.2) is 4.80 Å². The third kappa shape index (κ3) is 8.18. The minimum Gasteiger partial charge on any atom is -0.494 e. The van der Waals surface area contributed by atoms with E-state index in [-0.39, 0.29) is 24.0 Å². The molecule has 1 aliphatic rings. The number of carbonyl (C=O) groups is 2. The molecule has 0 radical (unpaired) electrons. The molecule has 0 aliphatic carbocycles. The maximum atomic E-state index is 14.4. The molecular weight excluding hydrogens is 845 g/mol. The fraction of sp³-hybridized carbons (Fsp3) is 0.179. The van der Waals surface area contributed by atoms with E-state index in [1.807, 2.05) is 85.8 Å². The molecule has 260 valence electrons. The number of ether oxygens (including phenoxy) is 3. The van der Waals surface area contributed by atoms with Crippen LogP contribution < -0.4 is 29.7 Å². The predicted molar refractivity (Wildman–Crippen MR) is 210 cm³/mol. The van der Waals surface area contributed by atoms with Crippen LogP contribution in [-0.2, 0) is 16.1 Å². The summed E-state index contributed by atoms with van der Waals surface area (Å²) in [7, 11) is 0. The van der Waals surface area contributed by atoms with Crippen molar-refractivity contribution < 1.29 is 23.8 Å². The van der Waals surface area contributed by atoms with Crippen LogP contribution in [-0.4, -0.2) is 29.7 Å². The molecule has 4 aromatic carbocycles. The van der Waals surface area contributed by atoms with E-state index in [2.05, 4.69) is 43.8 Å². The van der Waals surface area contributed by atoms with Gasteiger partial charge in [-0.3, -0.25) is 14.2 Å². The van der Waals surface area contributed by atoms with Crippen molar-refractivity contribution in [2.45, 2.75) is 33.4 Å². The number of allylic oxidation sites excluding steroid dienone is 1. The Morgan fingerprint density at radius 3 is 2.39 bits per heavy atom. The van der Waals surface area contributed by atoms with E-state index in [0.717, 1.165) is 19.2 Å². The number of aromatic nitrogens is 1. The lowest BCUT2D eigenvalue weighted by Crippen LogP contribution is -2.40. The number of carbonyl (C=O) groups excluding carboxylic acids is 2. The Hall–Kier alpha value is -4.53. The summed E-state index contributed by atoms with van der Waals surface area (Å²) in [6.07, 6.45) is 1.80. The molecule has 12 heteroatoms. The lowest BCUT2D eigenvalue weighted by molar-refractivity contribution is -0.113. The van der Waals surface area contributed by atoms with Gasteiger partial charge in [-0.2, -0.15) is 0 Å². The van der Waals surface area contributed by atoms with E-state index in [1.54, 1.807) is 36.6 Å². The number of nitrogens with zero attached hydrogens (tertiary/aromatic N) is 2. The number of halogens is 2. The SMILES string of the molecule is CCOC(=O)c1ccc(COc2c(I)cc(Br)cc2/C=c2\sc3n(c2=O)[C@@H](c2ccc(OCC)cc2)C(C(=O)Nc2ccccc2)=C(C)N=3)cc1. The van der Waals surface area contributed by atoms with Crippen molar-refractivity contribution in [3.05, 3.63) is 152 Å². The normalized spacial score (nSPS) is 14.1. The molecule has 1 aromatic heterocycles. The first-order valence-electron chi connectivity index (χ1n) is 16.2. The number of fused-ring (bicyclic) bond motifs is 1. The Balaban J connectivity index is 1.40. The summed E-state index contributed by atoms with van der Waals surface area (Å²) in [6.45, 7) is 6.53. The van der Waals surface area contributed by atoms with Gasteiger partial charge in [0.25, 0.3) is 11.5 Å². The van der Waals surface area contributed by atoms with Crippen molar-refractivity contribution in [2.24, 2.45) is 4.99 Å². The molecular formula is C39H33BrIN3O6S. The summed E-state index contributed by atoms with van der Waals surface area (Å²) in [5, 5.41) is 2.99. The zero-order valence-electron chi connectivity index (χ0n) is 27.9. The van der Waals surface area contributed by atoms with Crippen LogP contribution in [0.25, 0.3) is 6.08 Å². The average Bonchev–Trinajstić information content (AvgIpc) is 3.42. The Bertz CT molecular complexity index is 2300. The number of anilines is 1. The third-order valence-corrected chi connectivity index (χ3v) is 10.2. The molecule has 0 unspecified atom stereocenters. The number of para-hydroxylation sites is 1. The molecule has 1 aliphatic heterocycles. The molecule has 1 amide bonds. The van der Waals surface area contributed by atoms with Crippen molar-refractivity contribution in [1.82, 2.24) is 4.57 Å². The van der Waals surface area contributed by atoms with Crippen LogP contribution in [0.4, 0.5) is 5.69 Å². The highest BCUT2D eigenvalue weighted by molar-refractivity contribution is 14.1. The summed E-state index contributed by atoms with van der Waals surface area (Å²) in [5.74, 6) is 0.570. The zero-order chi connectivity index (χ0) is 36.1. The van der Waals surface area contributed by atoms with E-state index in [0.29, 0.717) is 62.1 Å². The first-order valence-corrected chi connectivity index (χ1v) is 18.8. The molecule has 6 rings (SSSR count). The van der Waals surface area contributed by atoms with Gasteiger partial charge in [-0.05, 0) is 109 Å². The highest BCUT2D eigenvalue weighted by Crippen LogP contribution is 2.33. The fourth-order valence-electron chi connectivity index (χ4n) is 5.65. The Kier molecular flexibility index (Phi) is 11.5. The zero-order valence-corrected chi connectivity index (χ0v) is 32.5. The molecule has 9 nitrogen and oxygen atoms in total. The predicted octanol–water partition coefficient (Wildman–Crippen LogP) is 7.40. The van der Waals surface area contributed by atoms with Crippen molar-refractivity contribution in [2.75, 3.05) is 18.5 Å². The number of hydrogen-bond acceptors (Lipinski definition) is 8. The average molecular weight is 879 g/mol. The van der Waals surface area contributed by atoms with Crippen LogP contribution in [0, 0.1) is 3.57 Å². The highest BCUT2D eigenvalue weighted by Gasteiger charge is 2.32. The molecule has 0 spiro atoms. The van der Waals surface area contributed by atoms with Gasteiger partial charge in [0, 0.05) is 15.7 Å². The van der Waals surface area contributed by atoms with Crippen LogP contribution in [0.1, 0.15) is 53.9 Å². The summed E-state index contributed by atoms with van der Waals surface area (Å²) < 4.78 is 20.8. The second kappa shape index (κ2) is 16.2. The fourth-order valence-corrected chi connectivity index (χ4v) is 8.39. The molecule has 0 saturated heterocycles. The number of thiazole rings is 1. The molecule has 5 aromatic rings. The smallest absolute Gasteiger partial charge is 0.338 e. The highest BCUT2D eigenvalue weighted by atomic mass is 127. The first kappa shape index (κ1) is 36.3. The standard InChI is InChI=1S/C39H33BrIN3O6S/c1-4-48-30-17-15-25(16-18-30)34-33(36(45)43-29-9-7-6-8-10-29)23(3)42-39-44(34)37(46)32(51-39)20-27-19-28(40)21-31(41)35(27)50-22-24-11-13-26(14-12-24)38(47)49-5-2/h6-21,34H,4-5,22H2,1-3H3,(H,43,45)/b32-20-/t34-/m0/s1. The molecule has 1 atom stereocenters. The second-order valence-corrected chi connectivity index (χ2v) is 14.5. The lowest BCUT2D eigenvalue weighted by Gasteiger charge is -2.25. The van der Waals surface area contributed by atoms with Crippen LogP contribution >= 0.6 is 49.9 Å². The monoisotopic (exact) mass is 877 g/mol.